The number of carbonyl (C=O) groups excluding carboxylic acids is 1. The van der Waals surface area contributed by atoms with E-state index < -0.39 is 0 Å². The van der Waals surface area contributed by atoms with E-state index in [1.165, 1.54) is 4.88 Å². The van der Waals surface area contributed by atoms with Gasteiger partial charge in [-0.25, -0.2) is 0 Å². The lowest BCUT2D eigenvalue weighted by atomic mass is 9.77. The van der Waals surface area contributed by atoms with Gasteiger partial charge in [-0.2, -0.15) is 5.26 Å². The molecule has 1 aliphatic carbocycles. The number of hydrogen-bond acceptors (Lipinski definition) is 4. The Balaban J connectivity index is 1.91. The predicted octanol–water partition coefficient (Wildman–Crippen LogP) is 3.78. The monoisotopic (exact) mass is 311 g/mol. The average Bonchev–Trinajstić information content (AvgIpc) is 2.82. The third-order valence-electron chi connectivity index (χ3n) is 4.06. The van der Waals surface area contributed by atoms with Crippen molar-refractivity contribution in [1.82, 2.24) is 4.98 Å². The van der Waals surface area contributed by atoms with Gasteiger partial charge in [0.05, 0.1) is 5.56 Å². The number of thiophene rings is 1. The maximum Gasteiger partial charge on any atom is 0.256 e. The molecule has 0 atom stereocenters. The van der Waals surface area contributed by atoms with Gasteiger partial charge < -0.3 is 5.32 Å². The van der Waals surface area contributed by atoms with Crippen LogP contribution in [-0.4, -0.2) is 10.9 Å². The number of pyridine rings is 1. The first-order chi connectivity index (χ1) is 10.5. The number of nitrogens with zero attached hydrogens (tertiary/aromatic N) is 2. The van der Waals surface area contributed by atoms with Crippen LogP contribution in [0.5, 0.6) is 0 Å². The summed E-state index contributed by atoms with van der Waals surface area (Å²) in [5, 5.41) is 13.0. The van der Waals surface area contributed by atoms with Crippen LogP contribution in [0.25, 0.3) is 0 Å². The normalized spacial score (nSPS) is 15.7. The van der Waals surface area contributed by atoms with E-state index in [-0.39, 0.29) is 11.3 Å². The van der Waals surface area contributed by atoms with E-state index in [1.54, 1.807) is 35.9 Å². The average molecular weight is 311 g/mol. The molecule has 0 unspecified atom stereocenters. The molecule has 22 heavy (non-hydrogen) atoms. The summed E-state index contributed by atoms with van der Waals surface area (Å²) in [4.78, 5) is 17.4. The van der Waals surface area contributed by atoms with Gasteiger partial charge in [0, 0.05) is 22.8 Å². The number of hydrogen-bond donors (Lipinski definition) is 1. The van der Waals surface area contributed by atoms with Gasteiger partial charge in [0.25, 0.3) is 5.91 Å². The van der Waals surface area contributed by atoms with Gasteiger partial charge in [0.2, 0.25) is 0 Å². The van der Waals surface area contributed by atoms with E-state index in [0.717, 1.165) is 24.8 Å². The summed E-state index contributed by atoms with van der Waals surface area (Å²) in [5.74, 6) is -0.197. The quantitative estimate of drug-likeness (QED) is 0.917. The van der Waals surface area contributed by atoms with Crippen molar-refractivity contribution in [1.29, 1.82) is 5.26 Å². The third-order valence-corrected chi connectivity index (χ3v) is 5.21. The molecule has 2 aromatic heterocycles. The van der Waals surface area contributed by atoms with Crippen LogP contribution in [0.3, 0.4) is 0 Å². The number of carbonyl (C=O) groups is 1. The lowest BCUT2D eigenvalue weighted by Crippen LogP contribution is -2.21. The van der Waals surface area contributed by atoms with E-state index in [1.807, 2.05) is 0 Å². The number of aromatic nitrogens is 1. The minimum Gasteiger partial charge on any atom is -0.312 e. The second kappa shape index (κ2) is 5.54. The van der Waals surface area contributed by atoms with E-state index in [0.29, 0.717) is 16.1 Å². The summed E-state index contributed by atoms with van der Waals surface area (Å²) in [6.45, 7) is 4.49. The van der Waals surface area contributed by atoms with Crippen LogP contribution in [0.1, 0.15) is 46.6 Å². The van der Waals surface area contributed by atoms with Crippen LogP contribution in [0.4, 0.5) is 5.00 Å². The molecular weight excluding hydrogens is 294 g/mol. The molecule has 0 spiro atoms. The van der Waals surface area contributed by atoms with Crippen LogP contribution < -0.4 is 5.32 Å². The lowest BCUT2D eigenvalue weighted by molar-refractivity contribution is 0.102. The molecule has 0 radical (unpaired) electrons. The van der Waals surface area contributed by atoms with Crippen molar-refractivity contribution in [3.05, 3.63) is 46.1 Å². The van der Waals surface area contributed by atoms with Gasteiger partial charge in [-0.05, 0) is 42.4 Å². The van der Waals surface area contributed by atoms with Gasteiger partial charge in [-0.3, -0.25) is 9.78 Å². The Bertz CT molecular complexity index is 756. The van der Waals surface area contributed by atoms with Crippen molar-refractivity contribution in [3.8, 4) is 6.07 Å². The Hall–Kier alpha value is -2.19. The number of amides is 1. The van der Waals surface area contributed by atoms with Crippen molar-refractivity contribution in [3.63, 3.8) is 0 Å². The Morgan fingerprint density at radius 1 is 1.41 bits per heavy atom. The highest BCUT2D eigenvalue weighted by Crippen LogP contribution is 2.43. The van der Waals surface area contributed by atoms with Crippen LogP contribution >= 0.6 is 11.3 Å². The van der Waals surface area contributed by atoms with E-state index >= 15 is 0 Å². The van der Waals surface area contributed by atoms with Crippen molar-refractivity contribution in [2.75, 3.05) is 5.32 Å². The smallest absolute Gasteiger partial charge is 0.256 e. The highest BCUT2D eigenvalue weighted by Gasteiger charge is 2.30. The number of rotatable bonds is 2. The molecule has 0 aliphatic heterocycles. The summed E-state index contributed by atoms with van der Waals surface area (Å²) in [5.41, 5.74) is 2.57. The SMILES string of the molecule is CC1(C)CCc2c(sc(NC(=O)c3ccncc3)c2C#N)C1. The number of nitriles is 1. The number of anilines is 1. The van der Waals surface area contributed by atoms with Gasteiger partial charge >= 0.3 is 0 Å². The molecule has 1 aliphatic rings. The molecule has 5 heteroatoms. The van der Waals surface area contributed by atoms with Gasteiger partial charge in [-0.1, -0.05) is 13.8 Å². The van der Waals surface area contributed by atoms with Crippen LogP contribution in [0.15, 0.2) is 24.5 Å². The molecule has 1 amide bonds. The summed E-state index contributed by atoms with van der Waals surface area (Å²) < 4.78 is 0. The fourth-order valence-electron chi connectivity index (χ4n) is 2.79. The Morgan fingerprint density at radius 3 is 2.82 bits per heavy atom. The summed E-state index contributed by atoms with van der Waals surface area (Å²) in [7, 11) is 0. The first-order valence-electron chi connectivity index (χ1n) is 7.26. The molecule has 1 N–H and O–H groups in total. The fraction of sp³-hybridized carbons (Fsp3) is 0.353. The second-order valence-electron chi connectivity index (χ2n) is 6.35. The molecule has 0 bridgehead atoms. The van der Waals surface area contributed by atoms with Crippen molar-refractivity contribution in [2.45, 2.75) is 33.1 Å². The van der Waals surface area contributed by atoms with Crippen molar-refractivity contribution < 1.29 is 4.79 Å². The van der Waals surface area contributed by atoms with E-state index in [9.17, 15) is 10.1 Å². The van der Waals surface area contributed by atoms with Gasteiger partial charge in [0.1, 0.15) is 11.1 Å². The van der Waals surface area contributed by atoms with E-state index in [4.69, 9.17) is 0 Å². The molecule has 3 rings (SSSR count). The van der Waals surface area contributed by atoms with Gasteiger partial charge in [0.15, 0.2) is 0 Å². The Labute approximate surface area is 133 Å². The van der Waals surface area contributed by atoms with Gasteiger partial charge in [-0.15, -0.1) is 11.3 Å². The molecule has 0 saturated carbocycles. The molecule has 112 valence electrons. The zero-order chi connectivity index (χ0) is 15.7. The topological polar surface area (TPSA) is 65.8 Å². The van der Waals surface area contributed by atoms with E-state index in [2.05, 4.69) is 30.2 Å². The summed E-state index contributed by atoms with van der Waals surface area (Å²) in [6.07, 6.45) is 6.12. The standard InChI is InChI=1S/C17H17N3OS/c1-17(2)6-3-12-13(10-18)16(22-14(12)9-17)20-15(21)11-4-7-19-8-5-11/h4-5,7-8H,3,6,9H2,1-2H3,(H,20,21). The molecule has 0 saturated heterocycles. The molecule has 0 fully saturated rings. The first kappa shape index (κ1) is 14.7. The minimum absolute atomic E-state index is 0.197. The third kappa shape index (κ3) is 2.75. The van der Waals surface area contributed by atoms with Crippen molar-refractivity contribution in [2.24, 2.45) is 5.41 Å². The minimum atomic E-state index is -0.197. The Morgan fingerprint density at radius 2 is 2.14 bits per heavy atom. The van der Waals surface area contributed by atoms with Crippen molar-refractivity contribution >= 4 is 22.2 Å². The van der Waals surface area contributed by atoms with Crippen LogP contribution in [0.2, 0.25) is 0 Å². The number of fused-ring (bicyclic) bond motifs is 1. The first-order valence-corrected chi connectivity index (χ1v) is 8.08. The summed E-state index contributed by atoms with van der Waals surface area (Å²) >= 11 is 1.54. The maximum atomic E-state index is 12.3. The maximum absolute atomic E-state index is 12.3. The largest absolute Gasteiger partial charge is 0.312 e. The highest BCUT2D eigenvalue weighted by atomic mass is 32.1. The highest BCUT2D eigenvalue weighted by molar-refractivity contribution is 7.16. The molecule has 4 nitrogen and oxygen atoms in total. The molecule has 2 aromatic rings. The second-order valence-corrected chi connectivity index (χ2v) is 7.46. The Kier molecular flexibility index (Phi) is 3.71. The zero-order valence-corrected chi connectivity index (χ0v) is 13.5. The number of nitrogens with one attached hydrogen (secondary N) is 1. The van der Waals surface area contributed by atoms with Crippen LogP contribution in [-0.2, 0) is 12.8 Å². The predicted molar refractivity (Wildman–Crippen MR) is 87.0 cm³/mol. The molecule has 2 heterocycles. The van der Waals surface area contributed by atoms with Crippen LogP contribution in [0, 0.1) is 16.7 Å². The lowest BCUT2D eigenvalue weighted by Gasteiger charge is -2.29. The summed E-state index contributed by atoms with van der Waals surface area (Å²) in [6, 6.07) is 5.60. The fourth-order valence-corrected chi connectivity index (χ4v) is 4.24. The zero-order valence-electron chi connectivity index (χ0n) is 12.6. The molecular formula is C17H17N3OS. The molecule has 0 aromatic carbocycles.